The Morgan fingerprint density at radius 2 is 2.22 bits per heavy atom. The Morgan fingerprint density at radius 1 is 1.50 bits per heavy atom. The van der Waals surface area contributed by atoms with Crippen LogP contribution in [0.15, 0.2) is 10.9 Å². The van der Waals surface area contributed by atoms with Gasteiger partial charge in [-0.1, -0.05) is 19.3 Å². The summed E-state index contributed by atoms with van der Waals surface area (Å²) in [6.45, 7) is 1.36. The topological polar surface area (TPSA) is 53.4 Å². The van der Waals surface area contributed by atoms with Gasteiger partial charge in [-0.2, -0.15) is 0 Å². The van der Waals surface area contributed by atoms with Crippen molar-refractivity contribution in [3.05, 3.63) is 16.6 Å². The summed E-state index contributed by atoms with van der Waals surface area (Å²) in [5.41, 5.74) is 2.30. The molecule has 1 N–H and O–H groups in total. The maximum Gasteiger partial charge on any atom is 0.310 e. The van der Waals surface area contributed by atoms with Crippen LogP contribution in [0.1, 0.15) is 37.8 Å². The van der Waals surface area contributed by atoms with Gasteiger partial charge in [-0.25, -0.2) is 4.98 Å². The van der Waals surface area contributed by atoms with E-state index in [1.54, 1.807) is 11.3 Å². The van der Waals surface area contributed by atoms with Crippen LogP contribution < -0.4 is 0 Å². The predicted octanol–water partition coefficient (Wildman–Crippen LogP) is 2.61. The zero-order valence-corrected chi connectivity index (χ0v) is 11.6. The molecule has 100 valence electrons. The zero-order valence-electron chi connectivity index (χ0n) is 10.8. The summed E-state index contributed by atoms with van der Waals surface area (Å²) in [4.78, 5) is 17.9. The van der Waals surface area contributed by atoms with Crippen LogP contribution in [0.25, 0.3) is 0 Å². The lowest BCUT2D eigenvalue weighted by molar-refractivity contribution is -0.152. The van der Waals surface area contributed by atoms with Crippen molar-refractivity contribution in [2.45, 2.75) is 38.6 Å². The van der Waals surface area contributed by atoms with Crippen LogP contribution in [0.2, 0.25) is 0 Å². The van der Waals surface area contributed by atoms with E-state index in [1.165, 1.54) is 6.42 Å². The molecule has 1 aliphatic rings. The lowest BCUT2D eigenvalue weighted by atomic mass is 9.73. The lowest BCUT2D eigenvalue weighted by Gasteiger charge is -2.36. The van der Waals surface area contributed by atoms with Crippen LogP contribution in [-0.2, 0) is 11.3 Å². The number of carbonyl (C=O) groups is 1. The maximum atomic E-state index is 11.6. The predicted molar refractivity (Wildman–Crippen MR) is 71.6 cm³/mol. The van der Waals surface area contributed by atoms with E-state index in [0.717, 1.165) is 37.9 Å². The Labute approximate surface area is 112 Å². The normalized spacial score (nSPS) is 19.0. The molecule has 1 aromatic rings. The smallest absolute Gasteiger partial charge is 0.310 e. The van der Waals surface area contributed by atoms with Gasteiger partial charge >= 0.3 is 5.97 Å². The molecule has 0 bridgehead atoms. The highest BCUT2D eigenvalue weighted by Gasteiger charge is 2.40. The molecule has 0 saturated heterocycles. The Bertz CT molecular complexity index is 386. The summed E-state index contributed by atoms with van der Waals surface area (Å²) in [7, 11) is 1.98. The highest BCUT2D eigenvalue weighted by Crippen LogP contribution is 2.37. The maximum absolute atomic E-state index is 11.6. The molecule has 5 heteroatoms. The minimum absolute atomic E-state index is 0.539. The van der Waals surface area contributed by atoms with E-state index in [0.29, 0.717) is 6.54 Å². The van der Waals surface area contributed by atoms with Gasteiger partial charge in [0.15, 0.2) is 0 Å². The van der Waals surface area contributed by atoms with Crippen LogP contribution >= 0.6 is 11.3 Å². The number of aliphatic carboxylic acids is 1. The highest BCUT2D eigenvalue weighted by molar-refractivity contribution is 7.07. The number of carboxylic acid groups (broad SMARTS) is 1. The van der Waals surface area contributed by atoms with Crippen LogP contribution in [0.4, 0.5) is 0 Å². The van der Waals surface area contributed by atoms with E-state index < -0.39 is 11.4 Å². The number of hydrogen-bond donors (Lipinski definition) is 1. The molecule has 1 saturated carbocycles. The van der Waals surface area contributed by atoms with Crippen molar-refractivity contribution < 1.29 is 9.90 Å². The van der Waals surface area contributed by atoms with Crippen molar-refractivity contribution in [3.8, 4) is 0 Å². The molecule has 18 heavy (non-hydrogen) atoms. The van der Waals surface area contributed by atoms with Crippen LogP contribution in [0, 0.1) is 5.41 Å². The molecule has 0 unspecified atom stereocenters. The standard InChI is InChI=1S/C13H20N2O2S/c1-15(7-11-8-18-10-14-11)9-13(12(16)17)5-3-2-4-6-13/h8,10H,2-7,9H2,1H3,(H,16,17). The first-order valence-corrected chi connectivity index (χ1v) is 7.36. The molecule has 4 nitrogen and oxygen atoms in total. The first kappa shape index (κ1) is 13.5. The fourth-order valence-corrected chi connectivity index (χ4v) is 3.38. The zero-order chi connectivity index (χ0) is 13.0. The van der Waals surface area contributed by atoms with Crippen molar-refractivity contribution in [2.24, 2.45) is 5.41 Å². The van der Waals surface area contributed by atoms with Gasteiger partial charge in [0, 0.05) is 18.5 Å². The molecule has 0 atom stereocenters. The van der Waals surface area contributed by atoms with Crippen molar-refractivity contribution in [1.82, 2.24) is 9.88 Å². The molecule has 2 rings (SSSR count). The molecule has 1 heterocycles. The van der Waals surface area contributed by atoms with Gasteiger partial charge in [0.05, 0.1) is 16.6 Å². The average Bonchev–Trinajstić information content (AvgIpc) is 2.82. The minimum atomic E-state index is -0.632. The third-order valence-electron chi connectivity index (χ3n) is 3.75. The Hall–Kier alpha value is -0.940. The second-order valence-corrected chi connectivity index (χ2v) is 6.02. The summed E-state index contributed by atoms with van der Waals surface area (Å²) in [5.74, 6) is -0.632. The molecular weight excluding hydrogens is 248 g/mol. The molecule has 1 fully saturated rings. The number of nitrogens with zero attached hydrogens (tertiary/aromatic N) is 2. The first-order chi connectivity index (χ1) is 8.62. The van der Waals surface area contributed by atoms with Gasteiger partial charge in [-0.15, -0.1) is 11.3 Å². The number of hydrogen-bond acceptors (Lipinski definition) is 4. The molecule has 0 radical (unpaired) electrons. The largest absolute Gasteiger partial charge is 0.481 e. The minimum Gasteiger partial charge on any atom is -0.481 e. The SMILES string of the molecule is CN(Cc1cscn1)CC1(C(=O)O)CCCCC1. The molecule has 1 aliphatic carbocycles. The second kappa shape index (κ2) is 5.80. The van der Waals surface area contributed by atoms with Gasteiger partial charge in [0.2, 0.25) is 0 Å². The summed E-state index contributed by atoms with van der Waals surface area (Å²) in [6, 6.07) is 0. The summed E-state index contributed by atoms with van der Waals surface area (Å²) < 4.78 is 0. The number of aromatic nitrogens is 1. The van der Waals surface area contributed by atoms with E-state index in [9.17, 15) is 9.90 Å². The fourth-order valence-electron chi connectivity index (χ4n) is 2.83. The summed E-state index contributed by atoms with van der Waals surface area (Å²) in [6.07, 6.45) is 4.87. The summed E-state index contributed by atoms with van der Waals surface area (Å²) >= 11 is 1.58. The summed E-state index contributed by atoms with van der Waals surface area (Å²) in [5, 5.41) is 11.5. The van der Waals surface area contributed by atoms with Gasteiger partial charge in [-0.3, -0.25) is 9.69 Å². The molecule has 1 aromatic heterocycles. The van der Waals surface area contributed by atoms with Crippen molar-refractivity contribution in [3.63, 3.8) is 0 Å². The lowest BCUT2D eigenvalue weighted by Crippen LogP contribution is -2.43. The second-order valence-electron chi connectivity index (χ2n) is 5.30. The van der Waals surface area contributed by atoms with E-state index >= 15 is 0 Å². The molecule has 0 spiro atoms. The first-order valence-electron chi connectivity index (χ1n) is 6.41. The van der Waals surface area contributed by atoms with E-state index in [4.69, 9.17) is 0 Å². The Balaban J connectivity index is 1.98. The van der Waals surface area contributed by atoms with Crippen LogP contribution in [0.3, 0.4) is 0 Å². The van der Waals surface area contributed by atoms with E-state index in [1.807, 2.05) is 17.9 Å². The molecule has 0 aromatic carbocycles. The monoisotopic (exact) mass is 268 g/mol. The third-order valence-corrected chi connectivity index (χ3v) is 4.39. The van der Waals surface area contributed by atoms with Gasteiger partial charge in [0.1, 0.15) is 0 Å². The van der Waals surface area contributed by atoms with E-state index in [-0.39, 0.29) is 0 Å². The van der Waals surface area contributed by atoms with E-state index in [2.05, 4.69) is 9.88 Å². The van der Waals surface area contributed by atoms with Crippen molar-refractivity contribution >= 4 is 17.3 Å². The van der Waals surface area contributed by atoms with Crippen LogP contribution in [0.5, 0.6) is 0 Å². The van der Waals surface area contributed by atoms with Crippen molar-refractivity contribution in [2.75, 3.05) is 13.6 Å². The fraction of sp³-hybridized carbons (Fsp3) is 0.692. The molecular formula is C13H20N2O2S. The number of thiazole rings is 1. The molecule has 0 amide bonds. The van der Waals surface area contributed by atoms with Crippen molar-refractivity contribution in [1.29, 1.82) is 0 Å². The molecule has 0 aliphatic heterocycles. The van der Waals surface area contributed by atoms with Gasteiger partial charge in [0.25, 0.3) is 0 Å². The van der Waals surface area contributed by atoms with Gasteiger partial charge in [-0.05, 0) is 19.9 Å². The number of carboxylic acids is 1. The third kappa shape index (κ3) is 3.09. The Morgan fingerprint density at radius 3 is 2.78 bits per heavy atom. The average molecular weight is 268 g/mol. The Kier molecular flexibility index (Phi) is 4.35. The number of rotatable bonds is 5. The van der Waals surface area contributed by atoms with Gasteiger partial charge < -0.3 is 5.11 Å². The quantitative estimate of drug-likeness (QED) is 0.892. The highest BCUT2D eigenvalue weighted by atomic mass is 32.1. The van der Waals surface area contributed by atoms with Crippen LogP contribution in [-0.4, -0.2) is 34.6 Å².